The molecule has 1 aliphatic carbocycles. The lowest BCUT2D eigenvalue weighted by Crippen LogP contribution is -2.39. The van der Waals surface area contributed by atoms with E-state index in [4.69, 9.17) is 5.73 Å². The number of benzene rings is 1. The van der Waals surface area contributed by atoms with Gasteiger partial charge in [-0.3, -0.25) is 4.79 Å². The number of carbonyl (C=O) groups is 1. The largest absolute Gasteiger partial charge is 0.355 e. The summed E-state index contributed by atoms with van der Waals surface area (Å²) in [5, 5.41) is 2.88. The second-order valence-electron chi connectivity index (χ2n) is 4.87. The Labute approximate surface area is 107 Å². The van der Waals surface area contributed by atoms with Crippen LogP contribution < -0.4 is 11.1 Å². The molecule has 3 nitrogen and oxygen atoms in total. The molecule has 1 aromatic carbocycles. The van der Waals surface area contributed by atoms with Gasteiger partial charge in [0.1, 0.15) is 5.82 Å². The zero-order valence-electron chi connectivity index (χ0n) is 10.4. The Bertz CT molecular complexity index is 422. The zero-order valence-corrected chi connectivity index (χ0v) is 10.4. The van der Waals surface area contributed by atoms with Crippen molar-refractivity contribution < 1.29 is 9.18 Å². The predicted molar refractivity (Wildman–Crippen MR) is 68.4 cm³/mol. The van der Waals surface area contributed by atoms with Crippen molar-refractivity contribution in [1.29, 1.82) is 0 Å². The Morgan fingerprint density at radius 1 is 1.44 bits per heavy atom. The normalized spacial score (nSPS) is 23.0. The van der Waals surface area contributed by atoms with Crippen LogP contribution in [-0.4, -0.2) is 18.5 Å². The summed E-state index contributed by atoms with van der Waals surface area (Å²) in [5.41, 5.74) is 6.77. The van der Waals surface area contributed by atoms with Crippen molar-refractivity contribution in [3.63, 3.8) is 0 Å². The van der Waals surface area contributed by atoms with Crippen LogP contribution in [0.25, 0.3) is 0 Å². The first kappa shape index (κ1) is 13.0. The number of hydrogen-bond donors (Lipinski definition) is 2. The first-order valence-corrected chi connectivity index (χ1v) is 6.44. The quantitative estimate of drug-likeness (QED) is 0.853. The van der Waals surface area contributed by atoms with E-state index in [9.17, 15) is 9.18 Å². The lowest BCUT2D eigenvalue weighted by Gasteiger charge is -2.15. The van der Waals surface area contributed by atoms with Gasteiger partial charge in [-0.15, -0.1) is 0 Å². The van der Waals surface area contributed by atoms with Gasteiger partial charge in [0, 0.05) is 12.6 Å². The van der Waals surface area contributed by atoms with Crippen LogP contribution in [0.15, 0.2) is 24.3 Å². The maximum absolute atomic E-state index is 12.9. The zero-order chi connectivity index (χ0) is 13.0. The first-order chi connectivity index (χ1) is 8.66. The smallest absolute Gasteiger partial charge is 0.224 e. The number of amides is 1. The van der Waals surface area contributed by atoms with E-state index < -0.39 is 0 Å². The Morgan fingerprint density at radius 2 is 2.28 bits per heavy atom. The molecular formula is C14H19FN2O. The molecule has 0 saturated heterocycles. The molecule has 2 atom stereocenters. The fourth-order valence-electron chi connectivity index (χ4n) is 2.47. The van der Waals surface area contributed by atoms with Crippen LogP contribution in [0.1, 0.15) is 24.8 Å². The third-order valence-electron chi connectivity index (χ3n) is 3.51. The van der Waals surface area contributed by atoms with Crippen LogP contribution in [0.5, 0.6) is 0 Å². The van der Waals surface area contributed by atoms with Crippen molar-refractivity contribution >= 4 is 5.91 Å². The van der Waals surface area contributed by atoms with E-state index in [1.807, 2.05) is 6.07 Å². The highest BCUT2D eigenvalue weighted by Gasteiger charge is 2.29. The van der Waals surface area contributed by atoms with Gasteiger partial charge >= 0.3 is 0 Å². The molecule has 4 heteroatoms. The van der Waals surface area contributed by atoms with Crippen LogP contribution in [0.2, 0.25) is 0 Å². The third kappa shape index (κ3) is 3.29. The summed E-state index contributed by atoms with van der Waals surface area (Å²) in [5.74, 6) is -0.245. The highest BCUT2D eigenvalue weighted by atomic mass is 19.1. The molecule has 0 aliphatic heterocycles. The molecule has 2 rings (SSSR count). The van der Waals surface area contributed by atoms with E-state index in [0.717, 1.165) is 24.8 Å². The fourth-order valence-corrected chi connectivity index (χ4v) is 2.47. The van der Waals surface area contributed by atoms with Crippen LogP contribution in [0.4, 0.5) is 4.39 Å². The number of hydrogen-bond acceptors (Lipinski definition) is 2. The van der Waals surface area contributed by atoms with E-state index in [1.165, 1.54) is 12.1 Å². The van der Waals surface area contributed by atoms with E-state index in [1.54, 1.807) is 6.07 Å². The molecule has 0 radical (unpaired) electrons. The highest BCUT2D eigenvalue weighted by molar-refractivity contribution is 5.79. The number of nitrogens with two attached hydrogens (primary N) is 1. The Morgan fingerprint density at radius 3 is 2.94 bits per heavy atom. The Kier molecular flexibility index (Phi) is 4.31. The second kappa shape index (κ2) is 5.96. The molecule has 1 aliphatic rings. The second-order valence-corrected chi connectivity index (χ2v) is 4.87. The summed E-state index contributed by atoms with van der Waals surface area (Å²) >= 11 is 0. The molecule has 0 aromatic heterocycles. The maximum Gasteiger partial charge on any atom is 0.224 e. The number of carbonyl (C=O) groups excluding carboxylic acids is 1. The lowest BCUT2D eigenvalue weighted by molar-refractivity contribution is -0.125. The summed E-state index contributed by atoms with van der Waals surface area (Å²) in [6, 6.07) is 6.45. The number of rotatable bonds is 4. The van der Waals surface area contributed by atoms with Crippen molar-refractivity contribution in [2.24, 2.45) is 11.7 Å². The van der Waals surface area contributed by atoms with Gasteiger partial charge in [0.15, 0.2) is 0 Å². The summed E-state index contributed by atoms with van der Waals surface area (Å²) in [4.78, 5) is 11.8. The van der Waals surface area contributed by atoms with E-state index >= 15 is 0 Å². The minimum atomic E-state index is -0.239. The molecule has 0 bridgehead atoms. The average Bonchev–Trinajstić information content (AvgIpc) is 2.75. The topological polar surface area (TPSA) is 55.1 Å². The minimum absolute atomic E-state index is 0.000769. The van der Waals surface area contributed by atoms with Gasteiger partial charge < -0.3 is 11.1 Å². The Hall–Kier alpha value is -1.42. The minimum Gasteiger partial charge on any atom is -0.355 e. The molecule has 1 saturated carbocycles. The summed E-state index contributed by atoms with van der Waals surface area (Å²) in [6.07, 6.45) is 3.49. The van der Waals surface area contributed by atoms with Gasteiger partial charge in [0.05, 0.1) is 5.92 Å². The van der Waals surface area contributed by atoms with Crippen LogP contribution in [0.3, 0.4) is 0 Å². The maximum atomic E-state index is 12.9. The summed E-state index contributed by atoms with van der Waals surface area (Å²) in [6.45, 7) is 0.533. The van der Waals surface area contributed by atoms with E-state index in [-0.39, 0.29) is 23.7 Å². The van der Waals surface area contributed by atoms with Crippen LogP contribution in [-0.2, 0) is 11.2 Å². The molecular weight excluding hydrogens is 231 g/mol. The molecule has 98 valence electrons. The molecule has 0 spiro atoms. The van der Waals surface area contributed by atoms with Gasteiger partial charge in [-0.2, -0.15) is 0 Å². The van der Waals surface area contributed by atoms with Gasteiger partial charge in [-0.05, 0) is 37.0 Å². The van der Waals surface area contributed by atoms with Crippen molar-refractivity contribution in [1.82, 2.24) is 5.32 Å². The molecule has 1 amide bonds. The van der Waals surface area contributed by atoms with E-state index in [0.29, 0.717) is 13.0 Å². The third-order valence-corrected chi connectivity index (χ3v) is 3.51. The molecule has 18 heavy (non-hydrogen) atoms. The van der Waals surface area contributed by atoms with Gasteiger partial charge in [0.2, 0.25) is 5.91 Å². The monoisotopic (exact) mass is 250 g/mol. The standard InChI is InChI=1S/C14H19FN2O/c15-11-4-1-3-10(9-11)7-8-17-14(18)12-5-2-6-13(12)16/h1,3-4,9,12-13H,2,5-8,16H2,(H,17,18). The van der Waals surface area contributed by atoms with Crippen LogP contribution in [0, 0.1) is 11.7 Å². The fraction of sp³-hybridized carbons (Fsp3) is 0.500. The molecule has 2 unspecified atom stereocenters. The molecule has 0 heterocycles. The number of nitrogens with one attached hydrogen (secondary N) is 1. The molecule has 1 aromatic rings. The highest BCUT2D eigenvalue weighted by Crippen LogP contribution is 2.23. The molecule has 1 fully saturated rings. The van der Waals surface area contributed by atoms with Crippen molar-refractivity contribution in [3.05, 3.63) is 35.6 Å². The van der Waals surface area contributed by atoms with Crippen molar-refractivity contribution in [2.75, 3.05) is 6.54 Å². The predicted octanol–water partition coefficient (Wildman–Crippen LogP) is 1.61. The van der Waals surface area contributed by atoms with Gasteiger partial charge in [0.25, 0.3) is 0 Å². The van der Waals surface area contributed by atoms with E-state index in [2.05, 4.69) is 5.32 Å². The average molecular weight is 250 g/mol. The van der Waals surface area contributed by atoms with Crippen LogP contribution >= 0.6 is 0 Å². The first-order valence-electron chi connectivity index (χ1n) is 6.44. The lowest BCUT2D eigenvalue weighted by atomic mass is 10.0. The van der Waals surface area contributed by atoms with Gasteiger partial charge in [-0.1, -0.05) is 18.6 Å². The summed E-state index contributed by atoms with van der Waals surface area (Å²) in [7, 11) is 0. The van der Waals surface area contributed by atoms with Crippen molar-refractivity contribution in [2.45, 2.75) is 31.7 Å². The van der Waals surface area contributed by atoms with Crippen molar-refractivity contribution in [3.8, 4) is 0 Å². The SMILES string of the molecule is NC1CCCC1C(=O)NCCc1cccc(F)c1. The Balaban J connectivity index is 1.77. The molecule has 3 N–H and O–H groups in total. The van der Waals surface area contributed by atoms with Gasteiger partial charge in [-0.25, -0.2) is 4.39 Å². The summed E-state index contributed by atoms with van der Waals surface area (Å²) < 4.78 is 12.9. The number of halogens is 1.